The van der Waals surface area contributed by atoms with Crippen molar-refractivity contribution in [3.05, 3.63) is 84.7 Å². The lowest BCUT2D eigenvalue weighted by Crippen LogP contribution is -2.11. The fourth-order valence-electron chi connectivity index (χ4n) is 1.96. The van der Waals surface area contributed by atoms with Gasteiger partial charge in [0, 0.05) is 0 Å². The van der Waals surface area contributed by atoms with Crippen LogP contribution in [0.4, 0.5) is 0 Å². The first-order chi connectivity index (χ1) is 8.83. The van der Waals surface area contributed by atoms with E-state index in [1.165, 1.54) is 15.9 Å². The third-order valence-electron chi connectivity index (χ3n) is 2.74. The largest absolute Gasteiger partial charge is 0.0991 e. The number of hydrogen-bond donors (Lipinski definition) is 0. The molecule has 2 aromatic carbocycles. The van der Waals surface area contributed by atoms with Crippen molar-refractivity contribution >= 4 is 18.5 Å². The van der Waals surface area contributed by atoms with Crippen LogP contribution < -0.4 is 10.6 Å². The monoisotopic (exact) mass is 252 g/mol. The summed E-state index contributed by atoms with van der Waals surface area (Å²) < 4.78 is 0. The maximum Gasteiger partial charge on any atom is -0.0154 e. The molecule has 1 heteroatoms. The Balaban J connectivity index is 2.48. The molecule has 0 aromatic heterocycles. The first-order valence-electron chi connectivity index (χ1n) is 6.02. The minimum atomic E-state index is -0.428. The molecule has 0 aliphatic heterocycles. The predicted octanol–water partition coefficient (Wildman–Crippen LogP) is 4.21. The lowest BCUT2D eigenvalue weighted by molar-refractivity contribution is 1.65. The smallest absolute Gasteiger partial charge is 0.0154 e. The van der Waals surface area contributed by atoms with Gasteiger partial charge in [0.1, 0.15) is 0 Å². The lowest BCUT2D eigenvalue weighted by atomic mass is 10.4. The summed E-state index contributed by atoms with van der Waals surface area (Å²) in [7, 11) is -0.428. The Hall–Kier alpha value is -1.65. The van der Waals surface area contributed by atoms with Gasteiger partial charge in [-0.25, -0.2) is 0 Å². The number of benzene rings is 2. The van der Waals surface area contributed by atoms with E-state index < -0.39 is 7.92 Å². The third kappa shape index (κ3) is 2.97. The highest BCUT2D eigenvalue weighted by Crippen LogP contribution is 2.42. The van der Waals surface area contributed by atoms with E-state index in [0.29, 0.717) is 0 Å². The van der Waals surface area contributed by atoms with Crippen LogP contribution in [0.15, 0.2) is 84.7 Å². The van der Waals surface area contributed by atoms with Gasteiger partial charge in [-0.2, -0.15) is 0 Å². The maximum absolute atomic E-state index is 3.80. The second-order valence-electron chi connectivity index (χ2n) is 4.05. The second-order valence-corrected chi connectivity index (χ2v) is 6.46. The quantitative estimate of drug-likeness (QED) is 0.565. The van der Waals surface area contributed by atoms with Crippen LogP contribution in [-0.2, 0) is 0 Å². The number of allylic oxidation sites excluding steroid dienone is 3. The molecular weight excluding hydrogens is 235 g/mol. The molecule has 0 heterocycles. The first kappa shape index (κ1) is 12.8. The van der Waals surface area contributed by atoms with E-state index in [9.17, 15) is 0 Å². The van der Waals surface area contributed by atoms with Crippen LogP contribution >= 0.6 is 7.92 Å². The molecule has 0 radical (unpaired) electrons. The van der Waals surface area contributed by atoms with Gasteiger partial charge < -0.3 is 0 Å². The molecule has 0 aliphatic carbocycles. The molecule has 2 rings (SSSR count). The molecule has 0 bridgehead atoms. The lowest BCUT2D eigenvalue weighted by Gasteiger charge is -2.19. The Morgan fingerprint density at radius 2 is 1.33 bits per heavy atom. The number of hydrogen-bond acceptors (Lipinski definition) is 0. The summed E-state index contributed by atoms with van der Waals surface area (Å²) in [5.41, 5.74) is 0. The summed E-state index contributed by atoms with van der Waals surface area (Å²) in [5, 5.41) is 4.14. The van der Waals surface area contributed by atoms with Crippen molar-refractivity contribution in [1.29, 1.82) is 0 Å². The fourth-order valence-corrected chi connectivity index (χ4v) is 4.26. The van der Waals surface area contributed by atoms with Crippen molar-refractivity contribution in [1.82, 2.24) is 0 Å². The zero-order valence-electron chi connectivity index (χ0n) is 10.6. The van der Waals surface area contributed by atoms with Crippen LogP contribution in [0.2, 0.25) is 0 Å². The van der Waals surface area contributed by atoms with Crippen molar-refractivity contribution in [3.63, 3.8) is 0 Å². The molecule has 90 valence electrons. The minimum Gasteiger partial charge on any atom is -0.0991 e. The molecule has 2 aromatic rings. The van der Waals surface area contributed by atoms with Gasteiger partial charge in [-0.15, -0.1) is 0 Å². The highest BCUT2D eigenvalue weighted by molar-refractivity contribution is 7.76. The van der Waals surface area contributed by atoms with Crippen molar-refractivity contribution in [3.8, 4) is 0 Å². The summed E-state index contributed by atoms with van der Waals surface area (Å²) >= 11 is 0. The predicted molar refractivity (Wildman–Crippen MR) is 83.0 cm³/mol. The van der Waals surface area contributed by atoms with Crippen molar-refractivity contribution in [2.24, 2.45) is 0 Å². The molecule has 0 aliphatic rings. The maximum atomic E-state index is 3.80. The SMILES string of the molecule is C=CC=C(C)P(c1ccccc1)c1ccccc1. The number of rotatable bonds is 4. The normalized spacial score (nSPS) is 11.6. The molecule has 0 nitrogen and oxygen atoms in total. The molecule has 0 N–H and O–H groups in total. The Morgan fingerprint density at radius 3 is 1.72 bits per heavy atom. The van der Waals surface area contributed by atoms with E-state index in [1.54, 1.807) is 0 Å². The van der Waals surface area contributed by atoms with Crippen LogP contribution in [0.1, 0.15) is 6.92 Å². The highest BCUT2D eigenvalue weighted by atomic mass is 31.1. The topological polar surface area (TPSA) is 0 Å². The van der Waals surface area contributed by atoms with Crippen LogP contribution in [0.25, 0.3) is 0 Å². The average Bonchev–Trinajstić information content (AvgIpc) is 2.42. The van der Waals surface area contributed by atoms with E-state index in [1.807, 2.05) is 6.08 Å². The summed E-state index contributed by atoms with van der Waals surface area (Å²) in [6, 6.07) is 21.4. The summed E-state index contributed by atoms with van der Waals surface area (Å²) in [6.45, 7) is 5.99. The molecule has 0 spiro atoms. The van der Waals surface area contributed by atoms with Gasteiger partial charge in [0.05, 0.1) is 0 Å². The van der Waals surface area contributed by atoms with Gasteiger partial charge in [-0.3, -0.25) is 0 Å². The van der Waals surface area contributed by atoms with E-state index in [0.717, 1.165) is 0 Å². The molecule has 18 heavy (non-hydrogen) atoms. The Morgan fingerprint density at radius 1 is 0.889 bits per heavy atom. The van der Waals surface area contributed by atoms with Gasteiger partial charge in [-0.05, 0) is 30.8 Å². The van der Waals surface area contributed by atoms with Crippen molar-refractivity contribution in [2.75, 3.05) is 0 Å². The fraction of sp³-hybridized carbons (Fsp3) is 0.0588. The van der Waals surface area contributed by atoms with Crippen LogP contribution in [0.5, 0.6) is 0 Å². The molecule has 0 fully saturated rings. The van der Waals surface area contributed by atoms with Crippen LogP contribution in [0.3, 0.4) is 0 Å². The third-order valence-corrected chi connectivity index (χ3v) is 5.22. The van der Waals surface area contributed by atoms with Gasteiger partial charge in [0.2, 0.25) is 0 Å². The van der Waals surface area contributed by atoms with Gasteiger partial charge >= 0.3 is 0 Å². The average molecular weight is 252 g/mol. The zero-order chi connectivity index (χ0) is 12.8. The molecule has 0 saturated heterocycles. The first-order valence-corrected chi connectivity index (χ1v) is 7.36. The molecule has 0 amide bonds. The molecule has 0 saturated carbocycles. The Labute approximate surface area is 110 Å². The molecule has 0 atom stereocenters. The molecule has 0 unspecified atom stereocenters. The van der Waals surface area contributed by atoms with Gasteiger partial charge in [0.15, 0.2) is 0 Å². The second kappa shape index (κ2) is 6.33. The standard InChI is InChI=1S/C17H17P/c1-3-10-15(2)18(16-11-6-4-7-12-16)17-13-8-5-9-14-17/h3-14H,1H2,2H3. The van der Waals surface area contributed by atoms with Crippen LogP contribution in [-0.4, -0.2) is 0 Å². The highest BCUT2D eigenvalue weighted by Gasteiger charge is 2.14. The van der Waals surface area contributed by atoms with E-state index in [2.05, 4.69) is 80.2 Å². The zero-order valence-corrected chi connectivity index (χ0v) is 11.5. The minimum absolute atomic E-state index is 0.428. The molecular formula is C17H17P. The van der Waals surface area contributed by atoms with Crippen molar-refractivity contribution in [2.45, 2.75) is 6.92 Å². The van der Waals surface area contributed by atoms with Gasteiger partial charge in [-0.1, -0.05) is 79.4 Å². The Bertz CT molecular complexity index is 487. The Kier molecular flexibility index (Phi) is 4.50. The van der Waals surface area contributed by atoms with E-state index in [4.69, 9.17) is 0 Å². The van der Waals surface area contributed by atoms with Crippen LogP contribution in [0, 0.1) is 0 Å². The summed E-state index contributed by atoms with van der Waals surface area (Å²) in [5.74, 6) is 0. The summed E-state index contributed by atoms with van der Waals surface area (Å²) in [6.07, 6.45) is 3.99. The van der Waals surface area contributed by atoms with E-state index >= 15 is 0 Å². The summed E-state index contributed by atoms with van der Waals surface area (Å²) in [4.78, 5) is 0. The van der Waals surface area contributed by atoms with Crippen molar-refractivity contribution < 1.29 is 0 Å². The van der Waals surface area contributed by atoms with E-state index in [-0.39, 0.29) is 0 Å². The van der Waals surface area contributed by atoms with Gasteiger partial charge in [0.25, 0.3) is 0 Å².